The molecule has 86 valence electrons. The summed E-state index contributed by atoms with van der Waals surface area (Å²) in [5, 5.41) is 0. The highest BCUT2D eigenvalue weighted by Gasteiger charge is 2.05. The van der Waals surface area contributed by atoms with E-state index in [0.717, 1.165) is 12.8 Å². The largest absolute Gasteiger partial charge is 0.327 e. The Labute approximate surface area is 86.1 Å². The fourth-order valence-corrected chi connectivity index (χ4v) is 1.61. The van der Waals surface area contributed by atoms with Crippen LogP contribution < -0.4 is 11.5 Å². The molecule has 0 fully saturated rings. The van der Waals surface area contributed by atoms with Crippen LogP contribution >= 0.6 is 8.25 Å². The summed E-state index contributed by atoms with van der Waals surface area (Å²) in [6, 6.07) is 0. The molecule has 6 heteroatoms. The highest BCUT2D eigenvalue weighted by molar-refractivity contribution is 7.33. The molecule has 0 aliphatic heterocycles. The van der Waals surface area contributed by atoms with Crippen LogP contribution in [-0.2, 0) is 13.6 Å². The summed E-state index contributed by atoms with van der Waals surface area (Å²) < 4.78 is 20.8. The predicted molar refractivity (Wildman–Crippen MR) is 57.2 cm³/mol. The standard InChI is InChI=1S/C8H21N2O3P/c1-2-3-4-5-6-12-14(11)13-8(10)7-9/h8,14H,2-7,9-10H2,1H3. The van der Waals surface area contributed by atoms with Gasteiger partial charge in [0.1, 0.15) is 6.23 Å². The van der Waals surface area contributed by atoms with Gasteiger partial charge in [0.05, 0.1) is 6.61 Å². The van der Waals surface area contributed by atoms with Crippen molar-refractivity contribution in [1.82, 2.24) is 0 Å². The lowest BCUT2D eigenvalue weighted by atomic mass is 10.2. The van der Waals surface area contributed by atoms with Crippen LogP contribution in [0.5, 0.6) is 0 Å². The molecule has 0 bridgehead atoms. The van der Waals surface area contributed by atoms with Gasteiger partial charge in [-0.2, -0.15) is 0 Å². The number of hydrogen-bond acceptors (Lipinski definition) is 5. The lowest BCUT2D eigenvalue weighted by molar-refractivity contribution is 0.171. The average Bonchev–Trinajstić information content (AvgIpc) is 2.17. The third-order valence-corrected chi connectivity index (χ3v) is 2.63. The van der Waals surface area contributed by atoms with Crippen LogP contribution in [0, 0.1) is 0 Å². The van der Waals surface area contributed by atoms with Gasteiger partial charge >= 0.3 is 8.25 Å². The zero-order valence-electron chi connectivity index (χ0n) is 8.70. The van der Waals surface area contributed by atoms with Crippen molar-refractivity contribution >= 4 is 8.25 Å². The number of hydrogen-bond donors (Lipinski definition) is 2. The van der Waals surface area contributed by atoms with Crippen LogP contribution in [-0.4, -0.2) is 19.4 Å². The van der Waals surface area contributed by atoms with E-state index in [0.29, 0.717) is 6.61 Å². The van der Waals surface area contributed by atoms with E-state index in [1.54, 1.807) is 0 Å². The molecule has 0 radical (unpaired) electrons. The van der Waals surface area contributed by atoms with Gasteiger partial charge in [-0.05, 0) is 6.42 Å². The Balaban J connectivity index is 3.27. The summed E-state index contributed by atoms with van der Waals surface area (Å²) in [6.45, 7) is 2.75. The molecule has 2 unspecified atom stereocenters. The zero-order valence-corrected chi connectivity index (χ0v) is 9.70. The lowest BCUT2D eigenvalue weighted by Crippen LogP contribution is -2.30. The fourth-order valence-electron chi connectivity index (χ4n) is 0.890. The molecule has 0 aromatic carbocycles. The Hall–Kier alpha value is 0.0700. The van der Waals surface area contributed by atoms with Crippen molar-refractivity contribution in [3.8, 4) is 0 Å². The summed E-state index contributed by atoms with van der Waals surface area (Å²) in [4.78, 5) is 0. The van der Waals surface area contributed by atoms with E-state index < -0.39 is 14.5 Å². The van der Waals surface area contributed by atoms with Gasteiger partial charge in [0.15, 0.2) is 0 Å². The lowest BCUT2D eigenvalue weighted by Gasteiger charge is -2.09. The van der Waals surface area contributed by atoms with Crippen LogP contribution in [0.25, 0.3) is 0 Å². The zero-order chi connectivity index (χ0) is 10.8. The maximum atomic E-state index is 11.1. The topological polar surface area (TPSA) is 87.6 Å². The van der Waals surface area contributed by atoms with Crippen molar-refractivity contribution in [2.75, 3.05) is 13.2 Å². The number of unbranched alkanes of at least 4 members (excludes halogenated alkanes) is 3. The first-order chi connectivity index (χ1) is 6.70. The first-order valence-electron chi connectivity index (χ1n) is 4.99. The summed E-state index contributed by atoms with van der Waals surface area (Å²) in [5.74, 6) is 0. The first kappa shape index (κ1) is 14.1. The second kappa shape index (κ2) is 9.62. The SMILES string of the molecule is CCCCCCO[PH](=O)OC(N)CN. The predicted octanol–water partition coefficient (Wildman–Crippen LogP) is 1.23. The van der Waals surface area contributed by atoms with Crippen molar-refractivity contribution in [3.05, 3.63) is 0 Å². The molecule has 0 saturated heterocycles. The molecule has 0 aromatic heterocycles. The van der Waals surface area contributed by atoms with E-state index in [2.05, 4.69) is 6.92 Å². The monoisotopic (exact) mass is 224 g/mol. The minimum Gasteiger partial charge on any atom is -0.327 e. The Kier molecular flexibility index (Phi) is 9.67. The highest BCUT2D eigenvalue weighted by atomic mass is 31.1. The van der Waals surface area contributed by atoms with Crippen LogP contribution in [0.2, 0.25) is 0 Å². The molecule has 0 spiro atoms. The van der Waals surface area contributed by atoms with Crippen molar-refractivity contribution in [1.29, 1.82) is 0 Å². The van der Waals surface area contributed by atoms with E-state index in [9.17, 15) is 4.57 Å². The number of rotatable bonds is 9. The molecule has 2 atom stereocenters. The van der Waals surface area contributed by atoms with Crippen LogP contribution in [0.1, 0.15) is 32.6 Å². The van der Waals surface area contributed by atoms with Gasteiger partial charge in [-0.25, -0.2) is 0 Å². The minimum atomic E-state index is -2.44. The van der Waals surface area contributed by atoms with E-state index in [-0.39, 0.29) is 6.54 Å². The molecule has 0 aliphatic rings. The number of nitrogens with two attached hydrogens (primary N) is 2. The van der Waals surface area contributed by atoms with Crippen molar-refractivity contribution in [2.45, 2.75) is 38.8 Å². The normalized spacial score (nSPS) is 15.4. The van der Waals surface area contributed by atoms with Crippen molar-refractivity contribution < 1.29 is 13.6 Å². The van der Waals surface area contributed by atoms with Gasteiger partial charge in [0.25, 0.3) is 0 Å². The van der Waals surface area contributed by atoms with E-state index in [4.69, 9.17) is 20.5 Å². The van der Waals surface area contributed by atoms with Gasteiger partial charge in [-0.1, -0.05) is 26.2 Å². The molecule has 14 heavy (non-hydrogen) atoms. The average molecular weight is 224 g/mol. The summed E-state index contributed by atoms with van der Waals surface area (Å²) in [6.07, 6.45) is 3.66. The Morgan fingerprint density at radius 3 is 2.64 bits per heavy atom. The molecule has 0 amide bonds. The molecule has 0 aliphatic carbocycles. The minimum absolute atomic E-state index is 0.148. The fraction of sp³-hybridized carbons (Fsp3) is 1.00. The van der Waals surface area contributed by atoms with Gasteiger partial charge in [0, 0.05) is 6.54 Å². The maximum Gasteiger partial charge on any atom is 0.320 e. The van der Waals surface area contributed by atoms with Crippen LogP contribution in [0.3, 0.4) is 0 Å². The molecule has 0 heterocycles. The Morgan fingerprint density at radius 2 is 2.07 bits per heavy atom. The molecule has 4 N–H and O–H groups in total. The summed E-state index contributed by atoms with van der Waals surface area (Å²) in [5.41, 5.74) is 10.5. The summed E-state index contributed by atoms with van der Waals surface area (Å²) in [7, 11) is -2.44. The van der Waals surface area contributed by atoms with E-state index >= 15 is 0 Å². The Morgan fingerprint density at radius 1 is 1.36 bits per heavy atom. The smallest absolute Gasteiger partial charge is 0.320 e. The molecule has 0 aromatic rings. The van der Waals surface area contributed by atoms with Crippen molar-refractivity contribution in [3.63, 3.8) is 0 Å². The van der Waals surface area contributed by atoms with Crippen LogP contribution in [0.15, 0.2) is 0 Å². The van der Waals surface area contributed by atoms with Gasteiger partial charge < -0.3 is 16.0 Å². The third-order valence-electron chi connectivity index (χ3n) is 1.70. The highest BCUT2D eigenvalue weighted by Crippen LogP contribution is 2.24. The second-order valence-corrected chi connectivity index (χ2v) is 4.08. The summed E-state index contributed by atoms with van der Waals surface area (Å²) >= 11 is 0. The molecular formula is C8H21N2O3P. The molecular weight excluding hydrogens is 203 g/mol. The Bertz CT molecular complexity index is 158. The quantitative estimate of drug-likeness (QED) is 0.349. The van der Waals surface area contributed by atoms with Gasteiger partial charge in [0.2, 0.25) is 0 Å². The van der Waals surface area contributed by atoms with Crippen LogP contribution in [0.4, 0.5) is 0 Å². The molecule has 5 nitrogen and oxygen atoms in total. The van der Waals surface area contributed by atoms with E-state index in [1.807, 2.05) is 0 Å². The molecule has 0 saturated carbocycles. The molecule has 0 rings (SSSR count). The van der Waals surface area contributed by atoms with Gasteiger partial charge in [-0.15, -0.1) is 0 Å². The first-order valence-corrected chi connectivity index (χ1v) is 6.22. The van der Waals surface area contributed by atoms with Crippen molar-refractivity contribution in [2.24, 2.45) is 11.5 Å². The maximum absolute atomic E-state index is 11.1. The van der Waals surface area contributed by atoms with E-state index in [1.165, 1.54) is 12.8 Å². The third kappa shape index (κ3) is 8.66. The second-order valence-electron chi connectivity index (χ2n) is 3.05. The van der Waals surface area contributed by atoms with Gasteiger partial charge in [-0.3, -0.25) is 9.09 Å².